The van der Waals surface area contributed by atoms with Crippen molar-refractivity contribution in [2.45, 2.75) is 0 Å². The maximum Gasteiger partial charge on any atom is 0.306 e. The zero-order valence-corrected chi connectivity index (χ0v) is 13.5. The van der Waals surface area contributed by atoms with Crippen LogP contribution in [0.15, 0.2) is 23.1 Å². The van der Waals surface area contributed by atoms with Crippen molar-refractivity contribution < 1.29 is 22.1 Å². The zero-order valence-electron chi connectivity index (χ0n) is 11.1. The summed E-state index contributed by atoms with van der Waals surface area (Å²) in [7, 11) is -2.25. The average molecular weight is 345 g/mol. The van der Waals surface area contributed by atoms with Crippen molar-refractivity contribution in [2.75, 3.05) is 13.4 Å². The summed E-state index contributed by atoms with van der Waals surface area (Å²) in [5.41, 5.74) is 0.662. The fourth-order valence-electron chi connectivity index (χ4n) is 1.58. The van der Waals surface area contributed by atoms with Gasteiger partial charge in [-0.25, -0.2) is 0 Å². The van der Waals surface area contributed by atoms with E-state index in [0.29, 0.717) is 14.8 Å². The van der Waals surface area contributed by atoms with Gasteiger partial charge in [0.25, 0.3) is 5.91 Å². The summed E-state index contributed by atoms with van der Waals surface area (Å²) in [5.74, 6) is 0.0717. The summed E-state index contributed by atoms with van der Waals surface area (Å²) < 4.78 is 32.6. The molecule has 0 spiro atoms. The Morgan fingerprint density at radius 2 is 2.05 bits per heavy atom. The van der Waals surface area contributed by atoms with Gasteiger partial charge in [-0.1, -0.05) is 30.0 Å². The lowest BCUT2D eigenvalue weighted by Gasteiger charge is -2.09. The van der Waals surface area contributed by atoms with E-state index in [9.17, 15) is 13.2 Å². The molecule has 1 aromatic carbocycles. The lowest BCUT2D eigenvalue weighted by Crippen LogP contribution is -2.17. The van der Waals surface area contributed by atoms with Gasteiger partial charge in [-0.3, -0.25) is 4.79 Å². The molecule has 1 N–H and O–H groups in total. The van der Waals surface area contributed by atoms with Crippen molar-refractivity contribution in [1.29, 1.82) is 0 Å². The third-order valence-corrected chi connectivity index (χ3v) is 4.01. The normalized spacial score (nSPS) is 17.0. The summed E-state index contributed by atoms with van der Waals surface area (Å²) in [6.45, 7) is 0. The number of amides is 1. The Morgan fingerprint density at radius 1 is 1.33 bits per heavy atom. The fourth-order valence-corrected chi connectivity index (χ4v) is 3.09. The van der Waals surface area contributed by atoms with E-state index < -0.39 is 10.1 Å². The highest BCUT2D eigenvalue weighted by molar-refractivity contribution is 8.26. The maximum absolute atomic E-state index is 11.6. The number of hydrogen-bond donors (Lipinski definition) is 1. The molecule has 0 atom stereocenters. The molecule has 0 unspecified atom stereocenters. The number of methoxy groups -OCH3 is 1. The molecule has 1 aromatic rings. The molecule has 0 aromatic heterocycles. The van der Waals surface area contributed by atoms with Crippen molar-refractivity contribution >= 4 is 50.4 Å². The van der Waals surface area contributed by atoms with Crippen LogP contribution in [0.3, 0.4) is 0 Å². The van der Waals surface area contributed by atoms with Gasteiger partial charge in [0, 0.05) is 0 Å². The molecular formula is C12H11NO5S3. The molecule has 1 fully saturated rings. The van der Waals surface area contributed by atoms with Gasteiger partial charge < -0.3 is 14.2 Å². The quantitative estimate of drug-likeness (QED) is 0.503. The van der Waals surface area contributed by atoms with E-state index in [1.54, 1.807) is 18.2 Å². The first-order valence-corrected chi connectivity index (χ1v) is 8.65. The lowest BCUT2D eigenvalue weighted by atomic mass is 10.2. The first kappa shape index (κ1) is 15.8. The lowest BCUT2D eigenvalue weighted by molar-refractivity contribution is -0.115. The molecule has 21 heavy (non-hydrogen) atoms. The van der Waals surface area contributed by atoms with Gasteiger partial charge in [0.2, 0.25) is 0 Å². The van der Waals surface area contributed by atoms with Crippen molar-refractivity contribution in [3.8, 4) is 11.5 Å². The van der Waals surface area contributed by atoms with Crippen LogP contribution in [-0.4, -0.2) is 32.0 Å². The number of ether oxygens (including phenoxy) is 1. The van der Waals surface area contributed by atoms with Crippen LogP contribution < -0.4 is 14.2 Å². The van der Waals surface area contributed by atoms with Crippen molar-refractivity contribution in [3.63, 3.8) is 0 Å². The number of carbonyl (C=O) groups is 1. The molecule has 0 radical (unpaired) electrons. The molecule has 1 aliphatic heterocycles. The van der Waals surface area contributed by atoms with Gasteiger partial charge in [0.15, 0.2) is 11.5 Å². The highest BCUT2D eigenvalue weighted by atomic mass is 32.2. The minimum absolute atomic E-state index is 0.0844. The SMILES string of the molecule is COc1cc(/C=C2/SC(=S)NC2=O)ccc1OS(C)(=O)=O. The number of rotatable bonds is 4. The van der Waals surface area contributed by atoms with Gasteiger partial charge in [0.05, 0.1) is 18.3 Å². The molecule has 0 saturated carbocycles. The minimum atomic E-state index is -3.64. The number of hydrogen-bond acceptors (Lipinski definition) is 7. The predicted molar refractivity (Wildman–Crippen MR) is 84.8 cm³/mol. The second-order valence-electron chi connectivity index (χ2n) is 4.05. The van der Waals surface area contributed by atoms with E-state index in [1.807, 2.05) is 0 Å². The van der Waals surface area contributed by atoms with Crippen LogP contribution in [0.4, 0.5) is 0 Å². The van der Waals surface area contributed by atoms with Crippen LogP contribution in [0, 0.1) is 0 Å². The Kier molecular flexibility index (Phi) is 4.55. The van der Waals surface area contributed by atoms with Gasteiger partial charge in [0.1, 0.15) is 4.32 Å². The smallest absolute Gasteiger partial charge is 0.306 e. The summed E-state index contributed by atoms with van der Waals surface area (Å²) in [6.07, 6.45) is 2.58. The van der Waals surface area contributed by atoms with E-state index >= 15 is 0 Å². The maximum atomic E-state index is 11.6. The molecule has 0 bridgehead atoms. The van der Waals surface area contributed by atoms with E-state index in [0.717, 1.165) is 18.0 Å². The van der Waals surface area contributed by atoms with Gasteiger partial charge in [-0.05, 0) is 23.8 Å². The number of carbonyl (C=O) groups excluding carboxylic acids is 1. The molecule has 2 rings (SSSR count). The van der Waals surface area contributed by atoms with Gasteiger partial charge >= 0.3 is 10.1 Å². The zero-order chi connectivity index (χ0) is 15.6. The molecule has 112 valence electrons. The molecular weight excluding hydrogens is 334 g/mol. The average Bonchev–Trinajstić information content (AvgIpc) is 2.68. The topological polar surface area (TPSA) is 81.7 Å². The Hall–Kier alpha value is -1.58. The number of thiocarbonyl (C=S) groups is 1. The molecule has 0 aliphatic carbocycles. The molecule has 6 nitrogen and oxygen atoms in total. The summed E-state index contributed by atoms with van der Waals surface area (Å²) in [4.78, 5) is 12.0. The molecule has 1 amide bonds. The Labute approximate surface area is 131 Å². The van der Waals surface area contributed by atoms with E-state index in [2.05, 4.69) is 5.32 Å². The highest BCUT2D eigenvalue weighted by Crippen LogP contribution is 2.32. The molecule has 9 heteroatoms. The van der Waals surface area contributed by atoms with Gasteiger partial charge in [-0.2, -0.15) is 8.42 Å². The summed E-state index contributed by atoms with van der Waals surface area (Å²) in [5, 5.41) is 2.51. The summed E-state index contributed by atoms with van der Waals surface area (Å²) >= 11 is 6.06. The third-order valence-electron chi connectivity index (χ3n) is 2.37. The number of benzene rings is 1. The van der Waals surface area contributed by atoms with E-state index in [4.69, 9.17) is 21.1 Å². The molecule has 1 saturated heterocycles. The van der Waals surface area contributed by atoms with Crippen LogP contribution in [0.2, 0.25) is 0 Å². The second-order valence-corrected chi connectivity index (χ2v) is 7.34. The van der Waals surface area contributed by atoms with Crippen LogP contribution in [0.25, 0.3) is 6.08 Å². The minimum Gasteiger partial charge on any atom is -0.493 e. The van der Waals surface area contributed by atoms with Crippen molar-refractivity contribution in [1.82, 2.24) is 5.32 Å². The van der Waals surface area contributed by atoms with Crippen LogP contribution in [0.1, 0.15) is 5.56 Å². The van der Waals surface area contributed by atoms with Crippen molar-refractivity contribution in [2.24, 2.45) is 0 Å². The van der Waals surface area contributed by atoms with Crippen LogP contribution >= 0.6 is 24.0 Å². The molecule has 1 heterocycles. The molecule has 1 aliphatic rings. The number of nitrogens with one attached hydrogen (secondary N) is 1. The number of thioether (sulfide) groups is 1. The first-order chi connectivity index (χ1) is 9.78. The van der Waals surface area contributed by atoms with Crippen LogP contribution in [0.5, 0.6) is 11.5 Å². The Morgan fingerprint density at radius 3 is 2.57 bits per heavy atom. The monoisotopic (exact) mass is 345 g/mol. The fraction of sp³-hybridized carbons (Fsp3) is 0.167. The second kappa shape index (κ2) is 6.04. The standard InChI is InChI=1S/C12H11NO5S3/c1-17-9-5-7(3-4-8(9)18-21(2,15)16)6-10-11(14)13-12(19)20-10/h3-6H,1-2H3,(H,13,14,19)/b10-6+. The van der Waals surface area contributed by atoms with E-state index in [1.165, 1.54) is 13.2 Å². The van der Waals surface area contributed by atoms with Crippen molar-refractivity contribution in [3.05, 3.63) is 28.7 Å². The van der Waals surface area contributed by atoms with E-state index in [-0.39, 0.29) is 17.4 Å². The Bertz CT molecular complexity index is 739. The summed E-state index contributed by atoms with van der Waals surface area (Å²) in [6, 6.07) is 4.65. The highest BCUT2D eigenvalue weighted by Gasteiger charge is 2.22. The predicted octanol–water partition coefficient (Wildman–Crippen LogP) is 1.52. The van der Waals surface area contributed by atoms with Crippen LogP contribution in [-0.2, 0) is 14.9 Å². The largest absolute Gasteiger partial charge is 0.493 e. The Balaban J connectivity index is 2.33. The third kappa shape index (κ3) is 4.19. The first-order valence-electron chi connectivity index (χ1n) is 5.61. The van der Waals surface area contributed by atoms with Gasteiger partial charge in [-0.15, -0.1) is 0 Å².